The third-order valence-corrected chi connectivity index (χ3v) is 3.86. The number of rotatable bonds is 7. The first kappa shape index (κ1) is 25.2. The SMILES string of the molecule is C#Cc1cccc(NC(=O)CNC(=NC)N(C)Cc2ccc(OC(F)F)cc2)c1.I. The van der Waals surface area contributed by atoms with E-state index in [4.69, 9.17) is 6.42 Å². The molecule has 0 atom stereocenters. The zero-order valence-electron chi connectivity index (χ0n) is 16.6. The van der Waals surface area contributed by atoms with Gasteiger partial charge in [0.25, 0.3) is 0 Å². The van der Waals surface area contributed by atoms with E-state index in [1.54, 1.807) is 55.4 Å². The Balaban J connectivity index is 0.00000450. The zero-order valence-corrected chi connectivity index (χ0v) is 18.9. The molecule has 160 valence electrons. The molecule has 2 aromatic rings. The van der Waals surface area contributed by atoms with E-state index in [1.807, 2.05) is 0 Å². The number of alkyl halides is 2. The molecule has 2 rings (SSSR count). The third kappa shape index (κ3) is 8.24. The summed E-state index contributed by atoms with van der Waals surface area (Å²) in [4.78, 5) is 18.1. The number of terminal acetylenes is 1. The lowest BCUT2D eigenvalue weighted by Gasteiger charge is -2.22. The predicted molar refractivity (Wildman–Crippen MR) is 124 cm³/mol. The molecule has 0 bridgehead atoms. The fourth-order valence-corrected chi connectivity index (χ4v) is 2.56. The fourth-order valence-electron chi connectivity index (χ4n) is 2.56. The van der Waals surface area contributed by atoms with Gasteiger partial charge >= 0.3 is 6.61 Å². The van der Waals surface area contributed by atoms with E-state index < -0.39 is 6.61 Å². The molecule has 0 spiro atoms. The normalized spacial score (nSPS) is 10.6. The van der Waals surface area contributed by atoms with Crippen LogP contribution in [0.2, 0.25) is 0 Å². The van der Waals surface area contributed by atoms with E-state index in [0.29, 0.717) is 23.8 Å². The highest BCUT2D eigenvalue weighted by atomic mass is 127. The summed E-state index contributed by atoms with van der Waals surface area (Å²) in [6.45, 7) is -2.38. The van der Waals surface area contributed by atoms with Crippen molar-refractivity contribution < 1.29 is 18.3 Å². The number of carbonyl (C=O) groups excluding carboxylic acids is 1. The van der Waals surface area contributed by atoms with Crippen LogP contribution >= 0.6 is 24.0 Å². The molecule has 0 radical (unpaired) electrons. The predicted octanol–water partition coefficient (Wildman–Crippen LogP) is 3.53. The molecule has 0 aliphatic heterocycles. The smallest absolute Gasteiger partial charge is 0.387 e. The van der Waals surface area contributed by atoms with Gasteiger partial charge < -0.3 is 20.3 Å². The van der Waals surface area contributed by atoms with Gasteiger partial charge in [0.15, 0.2) is 5.96 Å². The maximum absolute atomic E-state index is 12.2. The summed E-state index contributed by atoms with van der Waals surface area (Å²) in [5.74, 6) is 2.87. The summed E-state index contributed by atoms with van der Waals surface area (Å²) < 4.78 is 28.8. The highest BCUT2D eigenvalue weighted by Gasteiger charge is 2.10. The number of anilines is 1. The van der Waals surface area contributed by atoms with Crippen molar-refractivity contribution in [1.29, 1.82) is 0 Å². The van der Waals surface area contributed by atoms with Crippen LogP contribution in [0.4, 0.5) is 14.5 Å². The summed E-state index contributed by atoms with van der Waals surface area (Å²) >= 11 is 0. The Hall–Kier alpha value is -2.87. The first-order chi connectivity index (χ1) is 13.9. The summed E-state index contributed by atoms with van der Waals surface area (Å²) in [6, 6.07) is 13.3. The Morgan fingerprint density at radius 1 is 1.27 bits per heavy atom. The average Bonchev–Trinajstić information content (AvgIpc) is 2.69. The van der Waals surface area contributed by atoms with E-state index in [-0.39, 0.29) is 42.2 Å². The number of hydrogen-bond donors (Lipinski definition) is 2. The van der Waals surface area contributed by atoms with Gasteiger partial charge in [0.2, 0.25) is 5.91 Å². The molecular weight excluding hydrogens is 505 g/mol. The number of hydrogen-bond acceptors (Lipinski definition) is 3. The number of nitrogens with one attached hydrogen (secondary N) is 2. The summed E-state index contributed by atoms with van der Waals surface area (Å²) in [5, 5.41) is 5.74. The Kier molecular flexibility index (Phi) is 10.6. The molecule has 0 fully saturated rings. The molecule has 0 aliphatic carbocycles. The maximum atomic E-state index is 12.2. The molecule has 0 unspecified atom stereocenters. The largest absolute Gasteiger partial charge is 0.435 e. The second-order valence-corrected chi connectivity index (χ2v) is 6.05. The molecule has 9 heteroatoms. The molecule has 6 nitrogen and oxygen atoms in total. The second-order valence-electron chi connectivity index (χ2n) is 6.05. The van der Waals surface area contributed by atoms with Crippen LogP contribution in [0.15, 0.2) is 53.5 Å². The molecule has 0 saturated heterocycles. The number of guanidine groups is 1. The van der Waals surface area contributed by atoms with Crippen LogP contribution in [0.5, 0.6) is 5.75 Å². The van der Waals surface area contributed by atoms with Gasteiger partial charge in [-0.1, -0.05) is 24.1 Å². The van der Waals surface area contributed by atoms with Gasteiger partial charge in [-0.25, -0.2) is 0 Å². The average molecular weight is 528 g/mol. The number of halogens is 3. The summed E-state index contributed by atoms with van der Waals surface area (Å²) in [6.07, 6.45) is 5.36. The third-order valence-electron chi connectivity index (χ3n) is 3.86. The molecular formula is C21H23F2IN4O2. The molecule has 0 saturated carbocycles. The van der Waals surface area contributed by atoms with Crippen LogP contribution in [-0.4, -0.2) is 44.0 Å². The topological polar surface area (TPSA) is 66.0 Å². The first-order valence-corrected chi connectivity index (χ1v) is 8.73. The molecule has 0 heterocycles. The Bertz CT molecular complexity index is 899. The van der Waals surface area contributed by atoms with Crippen molar-refractivity contribution in [2.75, 3.05) is 26.0 Å². The summed E-state index contributed by atoms with van der Waals surface area (Å²) in [7, 11) is 3.40. The van der Waals surface area contributed by atoms with Crippen molar-refractivity contribution >= 4 is 41.5 Å². The van der Waals surface area contributed by atoms with Gasteiger partial charge in [-0.3, -0.25) is 9.79 Å². The van der Waals surface area contributed by atoms with Crippen LogP contribution in [0.1, 0.15) is 11.1 Å². The Morgan fingerprint density at radius 2 is 1.97 bits per heavy atom. The van der Waals surface area contributed by atoms with Gasteiger partial charge in [-0.15, -0.1) is 30.4 Å². The molecule has 2 N–H and O–H groups in total. The van der Waals surface area contributed by atoms with E-state index in [2.05, 4.69) is 26.3 Å². The van der Waals surface area contributed by atoms with E-state index in [1.165, 1.54) is 12.1 Å². The highest BCUT2D eigenvalue weighted by Crippen LogP contribution is 2.15. The van der Waals surface area contributed by atoms with E-state index in [0.717, 1.165) is 5.56 Å². The first-order valence-electron chi connectivity index (χ1n) is 8.73. The fraction of sp³-hybridized carbons (Fsp3) is 0.238. The van der Waals surface area contributed by atoms with Gasteiger partial charge in [-0.05, 0) is 35.9 Å². The molecule has 2 aromatic carbocycles. The lowest BCUT2D eigenvalue weighted by atomic mass is 10.2. The van der Waals surface area contributed by atoms with Crippen LogP contribution in [0.25, 0.3) is 0 Å². The lowest BCUT2D eigenvalue weighted by molar-refractivity contribution is -0.115. The minimum Gasteiger partial charge on any atom is -0.435 e. The number of ether oxygens (including phenoxy) is 1. The number of nitrogens with zero attached hydrogens (tertiary/aromatic N) is 2. The van der Waals surface area contributed by atoms with Gasteiger partial charge in [0.1, 0.15) is 5.75 Å². The van der Waals surface area contributed by atoms with Gasteiger partial charge in [-0.2, -0.15) is 8.78 Å². The highest BCUT2D eigenvalue weighted by molar-refractivity contribution is 14.0. The number of carbonyl (C=O) groups is 1. The quantitative estimate of drug-likeness (QED) is 0.250. The number of benzene rings is 2. The summed E-state index contributed by atoms with van der Waals surface area (Å²) in [5.41, 5.74) is 2.16. The van der Waals surface area contributed by atoms with E-state index >= 15 is 0 Å². The standard InChI is InChI=1S/C21H22F2N4O2.HI/c1-4-15-6-5-7-17(12-15)26-19(28)13-25-21(24-2)27(3)14-16-8-10-18(11-9-16)29-20(22)23;/h1,5-12,20H,13-14H2,2-3H3,(H,24,25)(H,26,28);1H. The van der Waals surface area contributed by atoms with Gasteiger partial charge in [0, 0.05) is 31.9 Å². The Labute approximate surface area is 191 Å². The second kappa shape index (κ2) is 12.6. The van der Waals surface area contributed by atoms with E-state index in [9.17, 15) is 13.6 Å². The maximum Gasteiger partial charge on any atom is 0.387 e. The van der Waals surface area contributed by atoms with Crippen molar-refractivity contribution in [2.45, 2.75) is 13.2 Å². The van der Waals surface area contributed by atoms with Crippen molar-refractivity contribution in [3.05, 3.63) is 59.7 Å². The lowest BCUT2D eigenvalue weighted by Crippen LogP contribution is -2.42. The van der Waals surface area contributed by atoms with Crippen molar-refractivity contribution in [3.63, 3.8) is 0 Å². The molecule has 1 amide bonds. The van der Waals surface area contributed by atoms with Crippen LogP contribution < -0.4 is 15.4 Å². The van der Waals surface area contributed by atoms with Crippen LogP contribution in [0.3, 0.4) is 0 Å². The number of aliphatic imine (C=N–C) groups is 1. The molecule has 0 aromatic heterocycles. The molecule has 30 heavy (non-hydrogen) atoms. The number of amides is 1. The minimum atomic E-state index is -2.85. The van der Waals surface area contributed by atoms with Crippen molar-refractivity contribution in [1.82, 2.24) is 10.2 Å². The van der Waals surface area contributed by atoms with Crippen molar-refractivity contribution in [3.8, 4) is 18.1 Å². The van der Waals surface area contributed by atoms with Crippen LogP contribution in [-0.2, 0) is 11.3 Å². The molecule has 0 aliphatic rings. The Morgan fingerprint density at radius 3 is 2.57 bits per heavy atom. The minimum absolute atomic E-state index is 0. The zero-order chi connectivity index (χ0) is 21.2. The van der Waals surface area contributed by atoms with Crippen molar-refractivity contribution in [2.24, 2.45) is 4.99 Å². The van der Waals surface area contributed by atoms with Crippen LogP contribution in [0, 0.1) is 12.3 Å². The van der Waals surface area contributed by atoms with Gasteiger partial charge in [0.05, 0.1) is 6.54 Å². The monoisotopic (exact) mass is 528 g/mol.